The number of aryl methyl sites for hydroxylation is 3. The van der Waals surface area contributed by atoms with Gasteiger partial charge in [0.15, 0.2) is 0 Å². The number of pyridine rings is 1. The van der Waals surface area contributed by atoms with Crippen LogP contribution in [0.5, 0.6) is 5.75 Å². The molecule has 0 fully saturated rings. The molecule has 0 atom stereocenters. The Bertz CT molecular complexity index is 2350. The number of hydrogen-bond acceptors (Lipinski definition) is 7. The van der Waals surface area contributed by atoms with Gasteiger partial charge in [0.25, 0.3) is 0 Å². The number of nitrogens with zero attached hydrogens (tertiary/aromatic N) is 8. The van der Waals surface area contributed by atoms with Crippen molar-refractivity contribution in [3.8, 4) is 5.75 Å². The molecule has 0 spiro atoms. The number of H-pyrrole nitrogens is 1. The summed E-state index contributed by atoms with van der Waals surface area (Å²) in [7, 11) is 4.14. The summed E-state index contributed by atoms with van der Waals surface area (Å²) in [6.07, 6.45) is 1.82. The van der Waals surface area contributed by atoms with Crippen LogP contribution < -0.4 is 0 Å². The molecule has 0 saturated carbocycles. The second kappa shape index (κ2) is 13.8. The second-order valence-electron chi connectivity index (χ2n) is 13.4. The minimum Gasteiger partial charge on any atom is -0.507 e. The second-order valence-corrected chi connectivity index (χ2v) is 13.4. The average Bonchev–Trinajstić information content (AvgIpc) is 3.79. The SMILES string of the molecule is Cc1cc(CN(Cc2ccccn2)Cc2nc3ccccc3[nH]2)c(O)c(CN(Cc2nc3ccccc3n2C)Cc2nc3ccccc3n2C)c1. The van der Waals surface area contributed by atoms with Crippen LogP contribution in [0.3, 0.4) is 0 Å². The van der Waals surface area contributed by atoms with Gasteiger partial charge in [-0.1, -0.05) is 60.2 Å². The van der Waals surface area contributed by atoms with Crippen molar-refractivity contribution < 1.29 is 5.11 Å². The molecule has 0 aliphatic rings. The number of imidazole rings is 3. The molecule has 8 rings (SSSR count). The first-order valence-corrected chi connectivity index (χ1v) is 17.3. The summed E-state index contributed by atoms with van der Waals surface area (Å²) in [6, 6.07) is 34.7. The standard InChI is InChI=1S/C41H41N9O/c1-28-20-29(22-49(24-31-12-10-11-19-42-31)25-38-43-32-13-4-5-14-33(32)44-38)41(51)30(21-28)23-50(26-39-45-34-15-6-8-17-36(34)47(39)2)27-40-46-35-16-7-9-18-37(35)48(40)3/h4-21,51H,22-27H2,1-3H3,(H,43,44). The predicted octanol–water partition coefficient (Wildman–Crippen LogP) is 7.15. The molecule has 0 radical (unpaired) electrons. The van der Waals surface area contributed by atoms with E-state index in [1.54, 1.807) is 0 Å². The molecular weight excluding hydrogens is 635 g/mol. The quantitative estimate of drug-likeness (QED) is 0.142. The zero-order chi connectivity index (χ0) is 34.9. The molecule has 0 aliphatic carbocycles. The minimum atomic E-state index is 0.302. The first-order chi connectivity index (χ1) is 24.9. The summed E-state index contributed by atoms with van der Waals surface area (Å²) in [4.78, 5) is 27.5. The van der Waals surface area contributed by atoms with E-state index in [1.807, 2.05) is 72.9 Å². The van der Waals surface area contributed by atoms with Crippen molar-refractivity contribution in [1.82, 2.24) is 43.9 Å². The molecule has 4 heterocycles. The number of para-hydroxylation sites is 6. The van der Waals surface area contributed by atoms with Gasteiger partial charge in [-0.05, 0) is 55.5 Å². The fourth-order valence-electron chi connectivity index (χ4n) is 7.08. The van der Waals surface area contributed by atoms with Crippen LogP contribution in [-0.2, 0) is 53.4 Å². The molecule has 0 amide bonds. The van der Waals surface area contributed by atoms with Crippen LogP contribution in [0.2, 0.25) is 0 Å². The summed E-state index contributed by atoms with van der Waals surface area (Å²) in [5.74, 6) is 3.08. The van der Waals surface area contributed by atoms with Crippen molar-refractivity contribution in [2.45, 2.75) is 46.2 Å². The zero-order valence-corrected chi connectivity index (χ0v) is 29.2. The first-order valence-electron chi connectivity index (χ1n) is 17.3. The van der Waals surface area contributed by atoms with Gasteiger partial charge in [0.1, 0.15) is 23.2 Å². The van der Waals surface area contributed by atoms with E-state index in [1.165, 1.54) is 0 Å². The predicted molar refractivity (Wildman–Crippen MR) is 201 cm³/mol. The molecule has 0 unspecified atom stereocenters. The molecular formula is C41H41N9O. The van der Waals surface area contributed by atoms with Gasteiger partial charge in [-0.15, -0.1) is 0 Å². The lowest BCUT2D eigenvalue weighted by molar-refractivity contribution is 0.224. The van der Waals surface area contributed by atoms with Crippen LogP contribution in [0.25, 0.3) is 33.1 Å². The maximum atomic E-state index is 12.0. The summed E-state index contributed by atoms with van der Waals surface area (Å²) in [6.45, 7) is 5.45. The summed E-state index contributed by atoms with van der Waals surface area (Å²) in [5, 5.41) is 12.0. The molecule has 8 aromatic rings. The Morgan fingerprint density at radius 3 is 1.73 bits per heavy atom. The van der Waals surface area contributed by atoms with Crippen LogP contribution in [0.1, 0.15) is 39.9 Å². The van der Waals surface area contributed by atoms with Crippen LogP contribution in [0, 0.1) is 6.92 Å². The van der Waals surface area contributed by atoms with Crippen LogP contribution in [0.4, 0.5) is 0 Å². The van der Waals surface area contributed by atoms with Gasteiger partial charge in [-0.2, -0.15) is 0 Å². The first kappa shape index (κ1) is 32.4. The molecule has 10 nitrogen and oxygen atoms in total. The number of nitrogens with one attached hydrogen (secondary N) is 1. The molecule has 4 aromatic heterocycles. The summed E-state index contributed by atoms with van der Waals surface area (Å²) < 4.78 is 4.32. The van der Waals surface area contributed by atoms with Crippen molar-refractivity contribution in [3.05, 3.63) is 149 Å². The summed E-state index contributed by atoms with van der Waals surface area (Å²) in [5.41, 5.74) is 9.83. The third kappa shape index (κ3) is 6.84. The highest BCUT2D eigenvalue weighted by Gasteiger charge is 2.21. The lowest BCUT2D eigenvalue weighted by Crippen LogP contribution is -2.26. The number of aromatic nitrogens is 7. The number of aromatic hydroxyl groups is 1. The fraction of sp³-hybridized carbons (Fsp3) is 0.220. The molecule has 2 N–H and O–H groups in total. The Balaban J connectivity index is 1.12. The van der Waals surface area contributed by atoms with E-state index in [0.29, 0.717) is 45.0 Å². The number of phenols is 1. The maximum Gasteiger partial charge on any atom is 0.124 e. The highest BCUT2D eigenvalue weighted by atomic mass is 16.3. The third-order valence-electron chi connectivity index (χ3n) is 9.61. The number of phenolic OH excluding ortho intramolecular Hbond substituents is 1. The third-order valence-corrected chi connectivity index (χ3v) is 9.61. The van der Waals surface area contributed by atoms with E-state index >= 15 is 0 Å². The van der Waals surface area contributed by atoms with E-state index in [9.17, 15) is 5.11 Å². The Kier molecular flexibility index (Phi) is 8.77. The smallest absolute Gasteiger partial charge is 0.124 e. The van der Waals surface area contributed by atoms with E-state index in [4.69, 9.17) is 15.0 Å². The van der Waals surface area contributed by atoms with Crippen LogP contribution in [-0.4, -0.2) is 49.0 Å². The van der Waals surface area contributed by atoms with Crippen molar-refractivity contribution in [2.24, 2.45) is 14.1 Å². The monoisotopic (exact) mass is 675 g/mol. The molecule has 51 heavy (non-hydrogen) atoms. The van der Waals surface area contributed by atoms with Gasteiger partial charge in [-0.3, -0.25) is 14.8 Å². The number of rotatable bonds is 12. The van der Waals surface area contributed by atoms with Gasteiger partial charge >= 0.3 is 0 Å². The van der Waals surface area contributed by atoms with Gasteiger partial charge in [0.05, 0.1) is 58.4 Å². The molecule has 256 valence electrons. The normalized spacial score (nSPS) is 11.9. The van der Waals surface area contributed by atoms with Crippen LogP contribution >= 0.6 is 0 Å². The number of hydrogen-bond donors (Lipinski definition) is 2. The van der Waals surface area contributed by atoms with E-state index in [-0.39, 0.29) is 0 Å². The maximum absolute atomic E-state index is 12.0. The van der Waals surface area contributed by atoms with Gasteiger partial charge in [0.2, 0.25) is 0 Å². The molecule has 0 bridgehead atoms. The van der Waals surface area contributed by atoms with Gasteiger partial charge < -0.3 is 19.2 Å². The van der Waals surface area contributed by atoms with Gasteiger partial charge in [-0.25, -0.2) is 15.0 Å². The lowest BCUT2D eigenvalue weighted by Gasteiger charge is -2.25. The fourth-order valence-corrected chi connectivity index (χ4v) is 7.08. The van der Waals surface area contributed by atoms with E-state index < -0.39 is 0 Å². The largest absolute Gasteiger partial charge is 0.507 e. The zero-order valence-electron chi connectivity index (χ0n) is 29.2. The minimum absolute atomic E-state index is 0.302. The Hall–Kier alpha value is -5.84. The van der Waals surface area contributed by atoms with Crippen molar-refractivity contribution in [1.29, 1.82) is 0 Å². The topological polar surface area (TPSA) is 104 Å². The van der Waals surface area contributed by atoms with Crippen LogP contribution in [0.15, 0.2) is 109 Å². The van der Waals surface area contributed by atoms with Crippen molar-refractivity contribution >= 4 is 33.1 Å². The molecule has 4 aromatic carbocycles. The highest BCUT2D eigenvalue weighted by molar-refractivity contribution is 5.77. The molecule has 0 aliphatic heterocycles. The Labute approximate surface area is 296 Å². The number of fused-ring (bicyclic) bond motifs is 3. The highest BCUT2D eigenvalue weighted by Crippen LogP contribution is 2.30. The van der Waals surface area contributed by atoms with Crippen molar-refractivity contribution in [2.75, 3.05) is 0 Å². The number of aromatic amines is 1. The number of benzene rings is 4. The molecule has 10 heteroatoms. The Morgan fingerprint density at radius 2 is 1.16 bits per heavy atom. The average molecular weight is 676 g/mol. The van der Waals surface area contributed by atoms with E-state index in [2.05, 4.69) is 86.3 Å². The van der Waals surface area contributed by atoms with E-state index in [0.717, 1.165) is 73.0 Å². The van der Waals surface area contributed by atoms with Gasteiger partial charge in [0, 0.05) is 51.1 Å². The summed E-state index contributed by atoms with van der Waals surface area (Å²) >= 11 is 0. The molecule has 0 saturated heterocycles. The Morgan fingerprint density at radius 1 is 0.608 bits per heavy atom. The van der Waals surface area contributed by atoms with Crippen molar-refractivity contribution in [3.63, 3.8) is 0 Å². The lowest BCUT2D eigenvalue weighted by atomic mass is 10.0.